The van der Waals surface area contributed by atoms with Crippen LogP contribution < -0.4 is 9.64 Å². The number of carbonyl (C=O) groups excluding carboxylic acids is 2. The Morgan fingerprint density at radius 3 is 2.57 bits per heavy atom. The standard InChI is InChI=1S/C22H25N3O4S/c1-14-15(2)30-22-20(14)21(16-4-6-17(28-3)7-5-16)23-12-18(26)25(22)13-19(27)24-8-10-29-11-9-24/h4-7H,8-13H2,1-3H3. The Labute approximate surface area is 179 Å². The molecule has 1 saturated heterocycles. The molecule has 1 aromatic heterocycles. The maximum atomic E-state index is 13.0. The van der Waals surface area contributed by atoms with Crippen molar-refractivity contribution in [3.8, 4) is 5.75 Å². The van der Waals surface area contributed by atoms with Gasteiger partial charge in [-0.05, 0) is 43.7 Å². The van der Waals surface area contributed by atoms with Crippen molar-refractivity contribution in [1.29, 1.82) is 0 Å². The van der Waals surface area contributed by atoms with E-state index in [4.69, 9.17) is 9.47 Å². The van der Waals surface area contributed by atoms with Crippen molar-refractivity contribution >= 4 is 33.9 Å². The van der Waals surface area contributed by atoms with Crippen LogP contribution in [0.1, 0.15) is 21.6 Å². The van der Waals surface area contributed by atoms with Gasteiger partial charge in [0.15, 0.2) is 0 Å². The molecule has 1 fully saturated rings. The van der Waals surface area contributed by atoms with Gasteiger partial charge in [0.1, 0.15) is 23.8 Å². The molecule has 0 atom stereocenters. The van der Waals surface area contributed by atoms with Crippen molar-refractivity contribution < 1.29 is 19.1 Å². The Balaban J connectivity index is 1.70. The lowest BCUT2D eigenvalue weighted by Crippen LogP contribution is -2.47. The summed E-state index contributed by atoms with van der Waals surface area (Å²) in [6.07, 6.45) is 0. The fourth-order valence-corrected chi connectivity index (χ4v) is 4.87. The molecule has 0 bridgehead atoms. The molecule has 4 rings (SSSR count). The minimum atomic E-state index is -0.164. The maximum Gasteiger partial charge on any atom is 0.249 e. The van der Waals surface area contributed by atoms with E-state index in [-0.39, 0.29) is 24.9 Å². The molecule has 2 aliphatic heterocycles. The summed E-state index contributed by atoms with van der Waals surface area (Å²) in [6, 6.07) is 7.68. The van der Waals surface area contributed by atoms with Crippen LogP contribution >= 0.6 is 11.3 Å². The first-order valence-electron chi connectivity index (χ1n) is 9.94. The summed E-state index contributed by atoms with van der Waals surface area (Å²) in [7, 11) is 1.63. The van der Waals surface area contributed by atoms with E-state index in [2.05, 4.69) is 4.99 Å². The van der Waals surface area contributed by atoms with Gasteiger partial charge in [-0.2, -0.15) is 0 Å². The zero-order valence-corrected chi connectivity index (χ0v) is 18.3. The third-order valence-corrected chi connectivity index (χ3v) is 6.77. The average molecular weight is 428 g/mol. The maximum absolute atomic E-state index is 13.0. The first kappa shape index (κ1) is 20.6. The summed E-state index contributed by atoms with van der Waals surface area (Å²) < 4.78 is 10.6. The van der Waals surface area contributed by atoms with Crippen molar-refractivity contribution in [2.45, 2.75) is 13.8 Å². The molecule has 7 nitrogen and oxygen atoms in total. The summed E-state index contributed by atoms with van der Waals surface area (Å²) in [6.45, 7) is 6.30. The Hall–Kier alpha value is -2.71. The number of anilines is 1. The first-order chi connectivity index (χ1) is 14.5. The van der Waals surface area contributed by atoms with Crippen LogP contribution in [0, 0.1) is 13.8 Å². The molecular formula is C22H25N3O4S. The van der Waals surface area contributed by atoms with Crippen LogP contribution in [0.4, 0.5) is 5.00 Å². The first-order valence-corrected chi connectivity index (χ1v) is 10.8. The second-order valence-electron chi connectivity index (χ2n) is 7.33. The number of carbonyl (C=O) groups is 2. The molecule has 2 aromatic rings. The second kappa shape index (κ2) is 8.57. The number of ether oxygens (including phenoxy) is 2. The Bertz CT molecular complexity index is 991. The molecule has 2 amide bonds. The van der Waals surface area contributed by atoms with E-state index in [1.165, 1.54) is 0 Å². The number of rotatable bonds is 4. The van der Waals surface area contributed by atoms with Crippen molar-refractivity contribution in [2.24, 2.45) is 4.99 Å². The summed E-state index contributed by atoms with van der Waals surface area (Å²) in [4.78, 5) is 35.0. The predicted molar refractivity (Wildman–Crippen MR) is 117 cm³/mol. The number of morpholine rings is 1. The van der Waals surface area contributed by atoms with Gasteiger partial charge < -0.3 is 14.4 Å². The van der Waals surface area contributed by atoms with E-state index < -0.39 is 0 Å². The van der Waals surface area contributed by atoms with Crippen molar-refractivity contribution in [3.63, 3.8) is 0 Å². The molecule has 0 saturated carbocycles. The molecule has 8 heteroatoms. The zero-order chi connectivity index (χ0) is 21.3. The fourth-order valence-electron chi connectivity index (χ4n) is 3.69. The lowest BCUT2D eigenvalue weighted by molar-refractivity contribution is -0.134. The van der Waals surface area contributed by atoms with Gasteiger partial charge in [-0.1, -0.05) is 0 Å². The lowest BCUT2D eigenvalue weighted by atomic mass is 9.99. The van der Waals surface area contributed by atoms with Crippen LogP contribution in [0.5, 0.6) is 5.75 Å². The van der Waals surface area contributed by atoms with Crippen LogP contribution in [0.25, 0.3) is 0 Å². The highest BCUT2D eigenvalue weighted by molar-refractivity contribution is 7.17. The number of nitrogens with zero attached hydrogens (tertiary/aromatic N) is 3. The highest BCUT2D eigenvalue weighted by Crippen LogP contribution is 2.38. The number of aryl methyl sites for hydroxylation is 1. The number of hydrogen-bond donors (Lipinski definition) is 0. The zero-order valence-electron chi connectivity index (χ0n) is 17.4. The smallest absolute Gasteiger partial charge is 0.249 e. The largest absolute Gasteiger partial charge is 0.497 e. The minimum absolute atomic E-state index is 0.0115. The quantitative estimate of drug-likeness (QED) is 0.751. The molecule has 0 radical (unpaired) electrons. The molecule has 0 unspecified atom stereocenters. The van der Waals surface area contributed by atoms with Crippen LogP contribution in [0.3, 0.4) is 0 Å². The van der Waals surface area contributed by atoms with Crippen LogP contribution in [-0.4, -0.2) is 68.9 Å². The summed E-state index contributed by atoms with van der Waals surface area (Å²) in [5.74, 6) is 0.539. The van der Waals surface area contributed by atoms with Gasteiger partial charge in [-0.15, -0.1) is 11.3 Å². The van der Waals surface area contributed by atoms with E-state index in [0.29, 0.717) is 26.3 Å². The number of benzene rings is 1. The molecule has 1 aromatic carbocycles. The van der Waals surface area contributed by atoms with E-state index in [1.54, 1.807) is 28.2 Å². The minimum Gasteiger partial charge on any atom is -0.497 e. The number of amides is 2. The van der Waals surface area contributed by atoms with Crippen LogP contribution in [0.2, 0.25) is 0 Å². The molecule has 158 valence electrons. The molecule has 2 aliphatic rings. The van der Waals surface area contributed by atoms with Crippen molar-refractivity contribution in [3.05, 3.63) is 45.8 Å². The van der Waals surface area contributed by atoms with Gasteiger partial charge in [0.05, 0.1) is 26.0 Å². The van der Waals surface area contributed by atoms with Gasteiger partial charge in [0.2, 0.25) is 11.8 Å². The highest BCUT2D eigenvalue weighted by atomic mass is 32.1. The summed E-state index contributed by atoms with van der Waals surface area (Å²) in [5.41, 5.74) is 3.72. The molecule has 30 heavy (non-hydrogen) atoms. The van der Waals surface area contributed by atoms with Crippen LogP contribution in [0.15, 0.2) is 29.3 Å². The fraction of sp³-hybridized carbons (Fsp3) is 0.409. The Morgan fingerprint density at radius 2 is 1.90 bits per heavy atom. The SMILES string of the molecule is COc1ccc(C2=NCC(=O)N(CC(=O)N3CCOCC3)c3sc(C)c(C)c32)cc1. The van der Waals surface area contributed by atoms with Gasteiger partial charge in [0.25, 0.3) is 0 Å². The number of hydrogen-bond acceptors (Lipinski definition) is 6. The molecule has 0 aliphatic carbocycles. The number of methoxy groups -OCH3 is 1. The Kier molecular flexibility index (Phi) is 5.87. The third kappa shape index (κ3) is 3.85. The average Bonchev–Trinajstić information content (AvgIpc) is 2.99. The van der Waals surface area contributed by atoms with Gasteiger partial charge in [-0.3, -0.25) is 19.5 Å². The van der Waals surface area contributed by atoms with Crippen molar-refractivity contribution in [1.82, 2.24) is 4.90 Å². The van der Waals surface area contributed by atoms with Gasteiger partial charge in [-0.25, -0.2) is 0 Å². The Morgan fingerprint density at radius 1 is 1.20 bits per heavy atom. The molecular weight excluding hydrogens is 402 g/mol. The molecule has 0 N–H and O–H groups in total. The predicted octanol–water partition coefficient (Wildman–Crippen LogP) is 2.42. The second-order valence-corrected chi connectivity index (χ2v) is 8.53. The van der Waals surface area contributed by atoms with E-state index in [1.807, 2.05) is 38.1 Å². The normalized spacial score (nSPS) is 16.8. The lowest BCUT2D eigenvalue weighted by Gasteiger charge is -2.29. The summed E-state index contributed by atoms with van der Waals surface area (Å²) >= 11 is 1.54. The van der Waals surface area contributed by atoms with Gasteiger partial charge >= 0.3 is 0 Å². The summed E-state index contributed by atoms with van der Waals surface area (Å²) in [5, 5.41) is 0.795. The number of aliphatic imine (C=N–C) groups is 1. The van der Waals surface area contributed by atoms with E-state index in [0.717, 1.165) is 38.0 Å². The third-order valence-electron chi connectivity index (χ3n) is 5.54. The molecule has 0 spiro atoms. The van der Waals surface area contributed by atoms with Crippen LogP contribution in [-0.2, 0) is 14.3 Å². The monoisotopic (exact) mass is 427 g/mol. The highest BCUT2D eigenvalue weighted by Gasteiger charge is 2.32. The van der Waals surface area contributed by atoms with E-state index >= 15 is 0 Å². The molecule has 3 heterocycles. The number of thiophene rings is 1. The van der Waals surface area contributed by atoms with E-state index in [9.17, 15) is 9.59 Å². The topological polar surface area (TPSA) is 71.4 Å². The number of fused-ring (bicyclic) bond motifs is 1. The van der Waals surface area contributed by atoms with Gasteiger partial charge in [0, 0.05) is 29.1 Å². The van der Waals surface area contributed by atoms with Crippen molar-refractivity contribution in [2.75, 3.05) is 51.4 Å².